The molecule has 0 radical (unpaired) electrons. The molecule has 8 heteroatoms. The number of nitrogens with zero attached hydrogens (tertiary/aromatic N) is 5. The summed E-state index contributed by atoms with van der Waals surface area (Å²) in [6.07, 6.45) is 8.50. The summed E-state index contributed by atoms with van der Waals surface area (Å²) >= 11 is 6.13. The van der Waals surface area contributed by atoms with Crippen LogP contribution in [0.25, 0.3) is 0 Å². The predicted octanol–water partition coefficient (Wildman–Crippen LogP) is 1.98. The van der Waals surface area contributed by atoms with Crippen molar-refractivity contribution in [2.75, 3.05) is 6.54 Å². The smallest absolute Gasteiger partial charge is 0.255 e. The number of pyridine rings is 1. The first-order valence-corrected chi connectivity index (χ1v) is 7.90. The SMILES string of the molecule is Cn1cc(C2CN(C(=O)c3ccncc3Cl)Cc3[nH]cnc32)cn1. The van der Waals surface area contributed by atoms with E-state index in [1.165, 1.54) is 6.20 Å². The number of aryl methyl sites for hydroxylation is 1. The summed E-state index contributed by atoms with van der Waals surface area (Å²) in [5.41, 5.74) is 3.39. The van der Waals surface area contributed by atoms with Crippen LogP contribution in [0.4, 0.5) is 0 Å². The molecule has 1 unspecified atom stereocenters. The van der Waals surface area contributed by atoms with Crippen LogP contribution in [-0.4, -0.2) is 42.1 Å². The number of H-pyrrole nitrogens is 1. The van der Waals surface area contributed by atoms with Crippen LogP contribution in [0.3, 0.4) is 0 Å². The Labute approximate surface area is 143 Å². The number of aromatic amines is 1. The van der Waals surface area contributed by atoms with Gasteiger partial charge in [0.15, 0.2) is 0 Å². The summed E-state index contributed by atoms with van der Waals surface area (Å²) in [4.78, 5) is 26.2. The summed E-state index contributed by atoms with van der Waals surface area (Å²) in [5, 5.41) is 4.59. The van der Waals surface area contributed by atoms with E-state index in [-0.39, 0.29) is 11.8 Å². The Morgan fingerprint density at radius 1 is 1.42 bits per heavy atom. The first kappa shape index (κ1) is 14.9. The largest absolute Gasteiger partial charge is 0.347 e. The molecule has 0 bridgehead atoms. The average molecular weight is 343 g/mol. The number of carbonyl (C=O) groups is 1. The van der Waals surface area contributed by atoms with Gasteiger partial charge in [-0.1, -0.05) is 11.6 Å². The highest BCUT2D eigenvalue weighted by molar-refractivity contribution is 6.33. The van der Waals surface area contributed by atoms with Gasteiger partial charge in [-0.2, -0.15) is 5.10 Å². The molecule has 0 fully saturated rings. The first-order chi connectivity index (χ1) is 11.6. The fourth-order valence-corrected chi connectivity index (χ4v) is 3.28. The Morgan fingerprint density at radius 3 is 3.04 bits per heavy atom. The van der Waals surface area contributed by atoms with Crippen molar-refractivity contribution in [3.05, 3.63) is 64.7 Å². The van der Waals surface area contributed by atoms with Crippen molar-refractivity contribution in [3.63, 3.8) is 0 Å². The Balaban J connectivity index is 1.70. The highest BCUT2D eigenvalue weighted by Gasteiger charge is 2.32. The van der Waals surface area contributed by atoms with Crippen LogP contribution in [0.15, 0.2) is 37.2 Å². The molecule has 0 aromatic carbocycles. The van der Waals surface area contributed by atoms with Gasteiger partial charge in [-0.3, -0.25) is 14.5 Å². The van der Waals surface area contributed by atoms with Crippen molar-refractivity contribution < 1.29 is 4.79 Å². The molecule has 4 rings (SSSR count). The fourth-order valence-electron chi connectivity index (χ4n) is 3.08. The number of nitrogens with one attached hydrogen (secondary N) is 1. The van der Waals surface area contributed by atoms with E-state index in [9.17, 15) is 4.79 Å². The summed E-state index contributed by atoms with van der Waals surface area (Å²) in [7, 11) is 1.87. The third-order valence-electron chi connectivity index (χ3n) is 4.25. The van der Waals surface area contributed by atoms with Crippen molar-refractivity contribution in [2.45, 2.75) is 12.5 Å². The second-order valence-corrected chi connectivity index (χ2v) is 6.21. The molecule has 24 heavy (non-hydrogen) atoms. The van der Waals surface area contributed by atoms with Crippen LogP contribution in [-0.2, 0) is 13.6 Å². The van der Waals surface area contributed by atoms with Crippen LogP contribution >= 0.6 is 11.6 Å². The second-order valence-electron chi connectivity index (χ2n) is 5.81. The molecule has 0 saturated heterocycles. The third kappa shape index (κ3) is 2.46. The summed E-state index contributed by atoms with van der Waals surface area (Å²) in [6, 6.07) is 1.65. The van der Waals surface area contributed by atoms with E-state index >= 15 is 0 Å². The molecule has 1 aliphatic heterocycles. The number of hydrogen-bond acceptors (Lipinski definition) is 4. The molecular weight excluding hydrogens is 328 g/mol. The van der Waals surface area contributed by atoms with E-state index in [0.29, 0.717) is 23.7 Å². The molecule has 0 spiro atoms. The monoisotopic (exact) mass is 342 g/mol. The van der Waals surface area contributed by atoms with Crippen LogP contribution in [0.2, 0.25) is 5.02 Å². The number of fused-ring (bicyclic) bond motifs is 1. The molecule has 122 valence electrons. The third-order valence-corrected chi connectivity index (χ3v) is 4.55. The Hall–Kier alpha value is -2.67. The van der Waals surface area contributed by atoms with E-state index in [4.69, 9.17) is 11.6 Å². The molecule has 3 aromatic heterocycles. The molecule has 1 amide bonds. The van der Waals surface area contributed by atoms with Crippen molar-refractivity contribution in [1.82, 2.24) is 29.6 Å². The van der Waals surface area contributed by atoms with Gasteiger partial charge in [0.2, 0.25) is 0 Å². The number of halogens is 1. The van der Waals surface area contributed by atoms with Gasteiger partial charge in [-0.05, 0) is 6.07 Å². The molecule has 3 aromatic rings. The Kier molecular flexibility index (Phi) is 3.57. The number of carbonyl (C=O) groups excluding carboxylic acids is 1. The van der Waals surface area contributed by atoms with Gasteiger partial charge in [-0.25, -0.2) is 4.98 Å². The van der Waals surface area contributed by atoms with Crippen LogP contribution in [0.1, 0.15) is 33.2 Å². The lowest BCUT2D eigenvalue weighted by Gasteiger charge is -2.31. The maximum absolute atomic E-state index is 12.9. The fraction of sp³-hybridized carbons (Fsp3) is 0.250. The molecule has 1 atom stereocenters. The highest BCUT2D eigenvalue weighted by Crippen LogP contribution is 2.32. The van der Waals surface area contributed by atoms with E-state index in [1.54, 1.807) is 28.2 Å². The zero-order valence-corrected chi connectivity index (χ0v) is 13.7. The Bertz CT molecular complexity index is 901. The molecule has 0 saturated carbocycles. The van der Waals surface area contributed by atoms with Gasteiger partial charge in [0.1, 0.15) is 0 Å². The number of amides is 1. The van der Waals surface area contributed by atoms with Gasteiger partial charge in [0, 0.05) is 43.7 Å². The van der Waals surface area contributed by atoms with Crippen LogP contribution in [0.5, 0.6) is 0 Å². The molecule has 4 heterocycles. The van der Waals surface area contributed by atoms with E-state index in [1.807, 2.05) is 19.4 Å². The van der Waals surface area contributed by atoms with Crippen molar-refractivity contribution in [1.29, 1.82) is 0 Å². The van der Waals surface area contributed by atoms with E-state index in [0.717, 1.165) is 17.0 Å². The lowest BCUT2D eigenvalue weighted by Crippen LogP contribution is -2.38. The normalized spacial score (nSPS) is 16.9. The van der Waals surface area contributed by atoms with Crippen molar-refractivity contribution in [3.8, 4) is 0 Å². The van der Waals surface area contributed by atoms with Gasteiger partial charge in [-0.15, -0.1) is 0 Å². The minimum Gasteiger partial charge on any atom is -0.347 e. The first-order valence-electron chi connectivity index (χ1n) is 7.53. The summed E-state index contributed by atoms with van der Waals surface area (Å²) < 4.78 is 1.75. The summed E-state index contributed by atoms with van der Waals surface area (Å²) in [6.45, 7) is 1.00. The summed E-state index contributed by atoms with van der Waals surface area (Å²) in [5.74, 6) is -0.130. The minimum atomic E-state index is -0.114. The predicted molar refractivity (Wildman–Crippen MR) is 87.6 cm³/mol. The number of hydrogen-bond donors (Lipinski definition) is 1. The molecule has 7 nitrogen and oxygen atoms in total. The standard InChI is InChI=1S/C16H15ClN6O/c1-22-6-10(4-21-22)12-7-23(8-14-15(12)20-9-19-14)16(24)11-2-3-18-5-13(11)17/h2-6,9,12H,7-8H2,1H3,(H,19,20). The highest BCUT2D eigenvalue weighted by atomic mass is 35.5. The lowest BCUT2D eigenvalue weighted by molar-refractivity contribution is 0.0722. The van der Waals surface area contributed by atoms with Gasteiger partial charge in [0.25, 0.3) is 5.91 Å². The van der Waals surface area contributed by atoms with Crippen molar-refractivity contribution in [2.24, 2.45) is 7.05 Å². The second kappa shape index (κ2) is 5.76. The molecule has 1 N–H and O–H groups in total. The van der Waals surface area contributed by atoms with Crippen LogP contribution < -0.4 is 0 Å². The maximum atomic E-state index is 12.9. The van der Waals surface area contributed by atoms with E-state index in [2.05, 4.69) is 20.1 Å². The molecular formula is C16H15ClN6O. The molecule has 1 aliphatic rings. The lowest BCUT2D eigenvalue weighted by atomic mass is 9.93. The number of aromatic nitrogens is 5. The zero-order chi connectivity index (χ0) is 16.7. The zero-order valence-electron chi connectivity index (χ0n) is 13.0. The average Bonchev–Trinajstić information content (AvgIpc) is 3.22. The van der Waals surface area contributed by atoms with Crippen molar-refractivity contribution >= 4 is 17.5 Å². The van der Waals surface area contributed by atoms with Gasteiger partial charge >= 0.3 is 0 Å². The van der Waals surface area contributed by atoms with Gasteiger partial charge in [0.05, 0.1) is 41.0 Å². The van der Waals surface area contributed by atoms with Gasteiger partial charge < -0.3 is 9.88 Å². The molecule has 0 aliphatic carbocycles. The number of imidazole rings is 1. The maximum Gasteiger partial charge on any atom is 0.255 e. The van der Waals surface area contributed by atoms with Crippen LogP contribution in [0, 0.1) is 0 Å². The topological polar surface area (TPSA) is 79.7 Å². The quantitative estimate of drug-likeness (QED) is 0.772. The minimum absolute atomic E-state index is 0.0155. The Morgan fingerprint density at radius 2 is 2.29 bits per heavy atom. The number of rotatable bonds is 2. The van der Waals surface area contributed by atoms with E-state index < -0.39 is 0 Å².